The number of amides is 2. The average Bonchev–Trinajstić information content (AvgIpc) is 2.65. The number of anilines is 1. The lowest BCUT2D eigenvalue weighted by Crippen LogP contribution is -2.54. The molecule has 0 bridgehead atoms. The summed E-state index contributed by atoms with van der Waals surface area (Å²) in [6.45, 7) is 5.25. The van der Waals surface area contributed by atoms with Crippen LogP contribution in [-0.4, -0.2) is 34.1 Å². The van der Waals surface area contributed by atoms with Gasteiger partial charge in [-0.15, -0.1) is 0 Å². The van der Waals surface area contributed by atoms with Gasteiger partial charge in [-0.2, -0.15) is 0 Å². The molecule has 2 N–H and O–H groups in total. The number of carbonyl (C=O) groups excluding carboxylic acids is 2. The highest BCUT2D eigenvalue weighted by molar-refractivity contribution is 7.80. The van der Waals surface area contributed by atoms with Gasteiger partial charge in [0.15, 0.2) is 11.2 Å². The van der Waals surface area contributed by atoms with E-state index in [-0.39, 0.29) is 10.7 Å². The number of carboxylic acid groups (broad SMARTS) is 1. The second kappa shape index (κ2) is 8.46. The van der Waals surface area contributed by atoms with Crippen LogP contribution in [0, 0.1) is 13.8 Å². The second-order valence-electron chi connectivity index (χ2n) is 6.97. The summed E-state index contributed by atoms with van der Waals surface area (Å²) in [4.78, 5) is 37.7. The highest BCUT2D eigenvalue weighted by atomic mass is 32.1. The van der Waals surface area contributed by atoms with Crippen molar-refractivity contribution in [2.75, 3.05) is 4.90 Å². The summed E-state index contributed by atoms with van der Waals surface area (Å²) in [6.07, 6.45) is 0.465. The number of hydrogen-bond donors (Lipinski definition) is 2. The molecule has 1 aliphatic heterocycles. The third-order valence-corrected chi connectivity index (χ3v) is 4.70. The largest absolute Gasteiger partial charge is 0.479 e. The van der Waals surface area contributed by atoms with Gasteiger partial charge in [0, 0.05) is 0 Å². The van der Waals surface area contributed by atoms with Crippen LogP contribution in [0.5, 0.6) is 5.75 Å². The standard InChI is InChI=1S/C22H20N2O5S/c1-12-8-13(2)10-16(9-12)24-20(26)18(19(25)23-22(24)30)11-15-4-6-17(7-5-15)29-14(3)21(27)28/h4-11,14H,1-3H3,(H,27,28)(H,23,25,30). The summed E-state index contributed by atoms with van der Waals surface area (Å²) in [6, 6.07) is 12.0. The Morgan fingerprint density at radius 3 is 2.30 bits per heavy atom. The second-order valence-corrected chi connectivity index (χ2v) is 7.36. The minimum absolute atomic E-state index is 0.0264. The van der Waals surface area contributed by atoms with Gasteiger partial charge in [0.05, 0.1) is 5.69 Å². The van der Waals surface area contributed by atoms with Gasteiger partial charge >= 0.3 is 5.97 Å². The molecule has 1 atom stereocenters. The first-order valence-corrected chi connectivity index (χ1v) is 9.56. The van der Waals surface area contributed by atoms with Gasteiger partial charge in [-0.1, -0.05) is 18.2 Å². The van der Waals surface area contributed by atoms with Crippen molar-refractivity contribution in [1.82, 2.24) is 5.32 Å². The molecule has 8 heteroatoms. The number of carbonyl (C=O) groups is 3. The van der Waals surface area contributed by atoms with Crippen LogP contribution in [0.4, 0.5) is 5.69 Å². The van der Waals surface area contributed by atoms with Gasteiger partial charge < -0.3 is 9.84 Å². The molecule has 1 saturated heterocycles. The molecule has 0 spiro atoms. The summed E-state index contributed by atoms with van der Waals surface area (Å²) in [5.41, 5.74) is 3.04. The lowest BCUT2D eigenvalue weighted by atomic mass is 10.1. The maximum Gasteiger partial charge on any atom is 0.344 e. The van der Waals surface area contributed by atoms with Gasteiger partial charge in [-0.05, 0) is 80.0 Å². The van der Waals surface area contributed by atoms with Crippen LogP contribution in [0.2, 0.25) is 0 Å². The zero-order chi connectivity index (χ0) is 22.0. The molecule has 2 amide bonds. The normalized spacial score (nSPS) is 16.4. The van der Waals surface area contributed by atoms with Crippen molar-refractivity contribution in [3.05, 3.63) is 64.7 Å². The number of nitrogens with one attached hydrogen (secondary N) is 1. The van der Waals surface area contributed by atoms with E-state index in [1.165, 1.54) is 17.9 Å². The lowest BCUT2D eigenvalue weighted by Gasteiger charge is -2.29. The molecule has 7 nitrogen and oxygen atoms in total. The zero-order valence-electron chi connectivity index (χ0n) is 16.6. The fourth-order valence-corrected chi connectivity index (χ4v) is 3.32. The Morgan fingerprint density at radius 2 is 1.73 bits per heavy atom. The minimum Gasteiger partial charge on any atom is -0.479 e. The van der Waals surface area contributed by atoms with Crippen LogP contribution in [0.1, 0.15) is 23.6 Å². The van der Waals surface area contributed by atoms with Crippen LogP contribution in [0.3, 0.4) is 0 Å². The molecule has 0 radical (unpaired) electrons. The number of hydrogen-bond acceptors (Lipinski definition) is 5. The predicted molar refractivity (Wildman–Crippen MR) is 116 cm³/mol. The number of ether oxygens (including phenoxy) is 1. The third kappa shape index (κ3) is 4.55. The first-order chi connectivity index (χ1) is 14.2. The molecule has 1 fully saturated rings. The molecular formula is C22H20N2O5S. The molecule has 30 heavy (non-hydrogen) atoms. The molecule has 2 aromatic carbocycles. The topological polar surface area (TPSA) is 95.9 Å². The van der Waals surface area contributed by atoms with Crippen molar-refractivity contribution >= 4 is 46.9 Å². The predicted octanol–water partition coefficient (Wildman–Crippen LogP) is 2.99. The minimum atomic E-state index is -1.08. The highest BCUT2D eigenvalue weighted by Gasteiger charge is 2.34. The van der Waals surface area contributed by atoms with Crippen molar-refractivity contribution < 1.29 is 24.2 Å². The first kappa shape index (κ1) is 21.2. The van der Waals surface area contributed by atoms with Crippen LogP contribution in [-0.2, 0) is 14.4 Å². The number of thiocarbonyl (C=S) groups is 1. The van der Waals surface area contributed by atoms with E-state index in [1.807, 2.05) is 32.0 Å². The van der Waals surface area contributed by atoms with Crippen LogP contribution < -0.4 is 15.0 Å². The van der Waals surface area contributed by atoms with Gasteiger partial charge in [-0.3, -0.25) is 19.8 Å². The Morgan fingerprint density at radius 1 is 1.13 bits per heavy atom. The summed E-state index contributed by atoms with van der Waals surface area (Å²) in [7, 11) is 0. The number of aliphatic carboxylic acids is 1. The van der Waals surface area contributed by atoms with Crippen molar-refractivity contribution in [1.29, 1.82) is 0 Å². The number of rotatable bonds is 5. The molecule has 1 heterocycles. The quantitative estimate of drug-likeness (QED) is 0.435. The number of aryl methyl sites for hydroxylation is 2. The molecule has 1 unspecified atom stereocenters. The molecule has 0 aliphatic carbocycles. The Bertz CT molecular complexity index is 1060. The third-order valence-electron chi connectivity index (χ3n) is 4.42. The molecule has 3 rings (SSSR count). The van der Waals surface area contributed by atoms with E-state index in [0.717, 1.165) is 11.1 Å². The fourth-order valence-electron chi connectivity index (χ4n) is 3.04. The first-order valence-electron chi connectivity index (χ1n) is 9.15. The molecule has 2 aromatic rings. The number of carboxylic acids is 1. The smallest absolute Gasteiger partial charge is 0.344 e. The van der Waals surface area contributed by atoms with E-state index in [2.05, 4.69) is 5.32 Å². The Labute approximate surface area is 179 Å². The zero-order valence-corrected chi connectivity index (χ0v) is 17.4. The van der Waals surface area contributed by atoms with Crippen LogP contribution >= 0.6 is 12.2 Å². The van der Waals surface area contributed by atoms with E-state index in [0.29, 0.717) is 17.0 Å². The molecule has 0 aromatic heterocycles. The van der Waals surface area contributed by atoms with E-state index in [1.54, 1.807) is 24.3 Å². The summed E-state index contributed by atoms with van der Waals surface area (Å²) in [5.74, 6) is -1.81. The fraction of sp³-hybridized carbons (Fsp3) is 0.182. The van der Waals surface area contributed by atoms with Crippen LogP contribution in [0.15, 0.2) is 48.0 Å². The maximum absolute atomic E-state index is 13.1. The van der Waals surface area contributed by atoms with Crippen molar-refractivity contribution in [2.24, 2.45) is 0 Å². The van der Waals surface area contributed by atoms with E-state index < -0.39 is 23.9 Å². The summed E-state index contributed by atoms with van der Waals surface area (Å²) >= 11 is 5.23. The molecule has 0 saturated carbocycles. The lowest BCUT2D eigenvalue weighted by molar-refractivity contribution is -0.144. The van der Waals surface area contributed by atoms with Crippen LogP contribution in [0.25, 0.3) is 6.08 Å². The van der Waals surface area contributed by atoms with E-state index >= 15 is 0 Å². The number of benzene rings is 2. The van der Waals surface area contributed by atoms with E-state index in [9.17, 15) is 14.4 Å². The molecule has 154 valence electrons. The molecule has 1 aliphatic rings. The van der Waals surface area contributed by atoms with E-state index in [4.69, 9.17) is 22.1 Å². The Hall–Kier alpha value is -3.52. The summed E-state index contributed by atoms with van der Waals surface area (Å²) < 4.78 is 5.28. The highest BCUT2D eigenvalue weighted by Crippen LogP contribution is 2.25. The SMILES string of the molecule is Cc1cc(C)cc(N2C(=O)C(=Cc3ccc(OC(C)C(=O)O)cc3)C(=O)NC2=S)c1. The van der Waals surface area contributed by atoms with Gasteiger partial charge in [0.1, 0.15) is 11.3 Å². The van der Waals surface area contributed by atoms with Crippen molar-refractivity contribution in [2.45, 2.75) is 26.9 Å². The Kier molecular flexibility index (Phi) is 5.98. The number of nitrogens with zero attached hydrogens (tertiary/aromatic N) is 1. The van der Waals surface area contributed by atoms with Gasteiger partial charge in [-0.25, -0.2) is 4.79 Å². The maximum atomic E-state index is 13.1. The summed E-state index contributed by atoms with van der Waals surface area (Å²) in [5, 5.41) is 11.5. The van der Waals surface area contributed by atoms with Crippen molar-refractivity contribution in [3.63, 3.8) is 0 Å². The molecular weight excluding hydrogens is 404 g/mol. The van der Waals surface area contributed by atoms with Gasteiger partial charge in [0.2, 0.25) is 0 Å². The monoisotopic (exact) mass is 424 g/mol. The van der Waals surface area contributed by atoms with Gasteiger partial charge in [0.25, 0.3) is 11.8 Å². The van der Waals surface area contributed by atoms with Crippen molar-refractivity contribution in [3.8, 4) is 5.75 Å². The average molecular weight is 424 g/mol. The Balaban J connectivity index is 1.90.